The van der Waals surface area contributed by atoms with Crippen molar-refractivity contribution in [3.05, 3.63) is 0 Å². The van der Waals surface area contributed by atoms with Gasteiger partial charge in [-0.25, -0.2) is 0 Å². The van der Waals surface area contributed by atoms with Gasteiger partial charge in [-0.2, -0.15) is 0 Å². The molecule has 0 bridgehead atoms. The number of ether oxygens (including phenoxy) is 2. The Balaban J connectivity index is 1.53. The first-order chi connectivity index (χ1) is 12.3. The predicted molar refractivity (Wildman–Crippen MR) is 103 cm³/mol. The second-order valence-electron chi connectivity index (χ2n) is 7.17. The van der Waals surface area contributed by atoms with E-state index in [9.17, 15) is 0 Å². The third-order valence-electron chi connectivity index (χ3n) is 5.09. The Kier molecular flexibility index (Phi) is 10.2. The number of nitrogens with one attached hydrogen (secondary N) is 2. The van der Waals surface area contributed by atoms with Crippen molar-refractivity contribution in [2.24, 2.45) is 4.99 Å². The summed E-state index contributed by atoms with van der Waals surface area (Å²) in [5.41, 5.74) is 0. The van der Waals surface area contributed by atoms with Crippen LogP contribution in [-0.2, 0) is 9.47 Å². The van der Waals surface area contributed by atoms with Gasteiger partial charge in [-0.3, -0.25) is 4.99 Å². The summed E-state index contributed by atoms with van der Waals surface area (Å²) in [6, 6.07) is 0.780. The summed E-state index contributed by atoms with van der Waals surface area (Å²) in [6.45, 7) is 8.17. The van der Waals surface area contributed by atoms with Crippen LogP contribution in [0.25, 0.3) is 0 Å². The number of hydrogen-bond donors (Lipinski definition) is 2. The molecule has 0 amide bonds. The van der Waals surface area contributed by atoms with Crippen LogP contribution in [0.5, 0.6) is 0 Å². The molecule has 0 radical (unpaired) electrons. The second-order valence-corrected chi connectivity index (χ2v) is 7.17. The lowest BCUT2D eigenvalue weighted by Crippen LogP contribution is -2.42. The van der Waals surface area contributed by atoms with Gasteiger partial charge in [-0.05, 0) is 46.1 Å². The molecule has 0 spiro atoms. The summed E-state index contributed by atoms with van der Waals surface area (Å²) in [5, 5.41) is 6.77. The van der Waals surface area contributed by atoms with Crippen LogP contribution in [0, 0.1) is 0 Å². The number of aliphatic imine (C=N–C) groups is 1. The molecule has 2 N–H and O–H groups in total. The van der Waals surface area contributed by atoms with E-state index < -0.39 is 0 Å². The highest BCUT2D eigenvalue weighted by Gasteiger charge is 2.18. The molecule has 0 aromatic rings. The van der Waals surface area contributed by atoms with Crippen molar-refractivity contribution >= 4 is 5.96 Å². The number of likely N-dealkylation sites (N-methyl/N-ethyl adjacent to an activating group) is 1. The minimum atomic E-state index is 0.319. The van der Waals surface area contributed by atoms with E-state index in [0.29, 0.717) is 6.10 Å². The van der Waals surface area contributed by atoms with Gasteiger partial charge in [0, 0.05) is 45.4 Å². The lowest BCUT2D eigenvalue weighted by molar-refractivity contribution is 0.0171. The fourth-order valence-electron chi connectivity index (χ4n) is 3.57. The first-order valence-corrected chi connectivity index (χ1v) is 10.2. The average Bonchev–Trinajstić information content (AvgIpc) is 3.31. The zero-order chi connectivity index (χ0) is 17.7. The summed E-state index contributed by atoms with van der Waals surface area (Å²) >= 11 is 0. The largest absolute Gasteiger partial charge is 0.379 e. The van der Waals surface area contributed by atoms with Crippen molar-refractivity contribution in [3.63, 3.8) is 0 Å². The highest BCUT2D eigenvalue weighted by Crippen LogP contribution is 2.21. The molecule has 1 unspecified atom stereocenters. The van der Waals surface area contributed by atoms with E-state index in [1.807, 2.05) is 0 Å². The summed E-state index contributed by atoms with van der Waals surface area (Å²) in [7, 11) is 2.24. The van der Waals surface area contributed by atoms with Gasteiger partial charge in [0.05, 0.1) is 12.7 Å². The number of hydrogen-bond acceptors (Lipinski definition) is 4. The van der Waals surface area contributed by atoms with Gasteiger partial charge in [0.2, 0.25) is 0 Å². The first-order valence-electron chi connectivity index (χ1n) is 10.2. The van der Waals surface area contributed by atoms with Gasteiger partial charge >= 0.3 is 0 Å². The zero-order valence-corrected chi connectivity index (χ0v) is 16.3. The monoisotopic (exact) mass is 354 g/mol. The molecule has 2 fully saturated rings. The fourth-order valence-corrected chi connectivity index (χ4v) is 3.57. The molecular weight excluding hydrogens is 316 g/mol. The Labute approximate surface area is 153 Å². The molecule has 6 nitrogen and oxygen atoms in total. The molecule has 1 atom stereocenters. The molecule has 1 aliphatic carbocycles. The van der Waals surface area contributed by atoms with Crippen molar-refractivity contribution < 1.29 is 9.47 Å². The molecule has 0 aromatic heterocycles. The van der Waals surface area contributed by atoms with E-state index in [0.717, 1.165) is 70.8 Å². The summed E-state index contributed by atoms with van der Waals surface area (Å²) in [6.07, 6.45) is 9.08. The van der Waals surface area contributed by atoms with Gasteiger partial charge in [-0.1, -0.05) is 12.8 Å². The number of nitrogens with zero attached hydrogens (tertiary/aromatic N) is 2. The SMILES string of the molecule is CCNC(=NCCCOCC1CCCO1)NCCN(C)C1CCCC1. The Morgan fingerprint density at radius 2 is 2.04 bits per heavy atom. The second kappa shape index (κ2) is 12.5. The highest BCUT2D eigenvalue weighted by atomic mass is 16.5. The normalized spacial score (nSPS) is 22.0. The van der Waals surface area contributed by atoms with E-state index in [2.05, 4.69) is 34.5 Å². The van der Waals surface area contributed by atoms with E-state index >= 15 is 0 Å². The molecular formula is C19H38N4O2. The van der Waals surface area contributed by atoms with Crippen LogP contribution in [0.15, 0.2) is 4.99 Å². The average molecular weight is 355 g/mol. The fraction of sp³-hybridized carbons (Fsp3) is 0.947. The zero-order valence-electron chi connectivity index (χ0n) is 16.3. The standard InChI is InChI=1S/C19H38N4O2/c1-3-20-19(22-12-13-23(2)17-8-4-5-9-17)21-11-7-14-24-16-18-10-6-15-25-18/h17-18H,3-16H2,1-2H3,(H2,20,21,22). The van der Waals surface area contributed by atoms with E-state index in [1.165, 1.54) is 32.1 Å². The molecule has 1 saturated carbocycles. The van der Waals surface area contributed by atoms with Gasteiger partial charge in [0.15, 0.2) is 5.96 Å². The Morgan fingerprint density at radius 3 is 2.76 bits per heavy atom. The maximum absolute atomic E-state index is 5.69. The summed E-state index contributed by atoms with van der Waals surface area (Å²) < 4.78 is 11.2. The van der Waals surface area contributed by atoms with Crippen LogP contribution in [0.1, 0.15) is 51.9 Å². The lowest BCUT2D eigenvalue weighted by Gasteiger charge is -2.24. The predicted octanol–water partition coefficient (Wildman–Crippen LogP) is 2.00. The number of guanidine groups is 1. The van der Waals surface area contributed by atoms with Crippen LogP contribution in [0.3, 0.4) is 0 Å². The summed E-state index contributed by atoms with van der Waals surface area (Å²) in [4.78, 5) is 7.13. The molecule has 6 heteroatoms. The van der Waals surface area contributed by atoms with Crippen molar-refractivity contribution in [3.8, 4) is 0 Å². The molecule has 1 heterocycles. The Morgan fingerprint density at radius 1 is 1.20 bits per heavy atom. The van der Waals surface area contributed by atoms with Crippen LogP contribution in [0.2, 0.25) is 0 Å². The van der Waals surface area contributed by atoms with Crippen LogP contribution >= 0.6 is 0 Å². The van der Waals surface area contributed by atoms with E-state index in [-0.39, 0.29) is 0 Å². The lowest BCUT2D eigenvalue weighted by atomic mass is 10.2. The third-order valence-corrected chi connectivity index (χ3v) is 5.09. The molecule has 25 heavy (non-hydrogen) atoms. The molecule has 1 aliphatic heterocycles. The molecule has 2 rings (SSSR count). The van der Waals surface area contributed by atoms with E-state index in [1.54, 1.807) is 0 Å². The van der Waals surface area contributed by atoms with Crippen LogP contribution in [0.4, 0.5) is 0 Å². The van der Waals surface area contributed by atoms with E-state index in [4.69, 9.17) is 9.47 Å². The smallest absolute Gasteiger partial charge is 0.191 e. The van der Waals surface area contributed by atoms with Gasteiger partial charge < -0.3 is 25.0 Å². The first kappa shape index (κ1) is 20.5. The topological polar surface area (TPSA) is 58.1 Å². The molecule has 1 saturated heterocycles. The van der Waals surface area contributed by atoms with Crippen molar-refractivity contribution in [2.75, 3.05) is 53.0 Å². The van der Waals surface area contributed by atoms with Crippen LogP contribution in [-0.4, -0.2) is 76.1 Å². The van der Waals surface area contributed by atoms with Gasteiger partial charge in [-0.15, -0.1) is 0 Å². The minimum absolute atomic E-state index is 0.319. The third kappa shape index (κ3) is 8.38. The molecule has 2 aliphatic rings. The number of rotatable bonds is 11. The van der Waals surface area contributed by atoms with Crippen molar-refractivity contribution in [1.29, 1.82) is 0 Å². The van der Waals surface area contributed by atoms with Gasteiger partial charge in [0.1, 0.15) is 0 Å². The van der Waals surface area contributed by atoms with Crippen molar-refractivity contribution in [1.82, 2.24) is 15.5 Å². The van der Waals surface area contributed by atoms with Crippen LogP contribution < -0.4 is 10.6 Å². The summed E-state index contributed by atoms with van der Waals surface area (Å²) in [5.74, 6) is 0.918. The molecule has 146 valence electrons. The highest BCUT2D eigenvalue weighted by molar-refractivity contribution is 5.79. The van der Waals surface area contributed by atoms with Crippen molar-refractivity contribution in [2.45, 2.75) is 64.0 Å². The van der Waals surface area contributed by atoms with Gasteiger partial charge in [0.25, 0.3) is 0 Å². The maximum Gasteiger partial charge on any atom is 0.191 e. The minimum Gasteiger partial charge on any atom is -0.379 e. The molecule has 0 aromatic carbocycles. The Hall–Kier alpha value is -0.850. The quantitative estimate of drug-likeness (QED) is 0.338. The Bertz CT molecular complexity index is 366. The maximum atomic E-state index is 5.69.